The zero-order chi connectivity index (χ0) is 19.9. The fraction of sp³-hybridized carbons (Fsp3) is 0.118. The Kier molecular flexibility index (Phi) is 5.13. The van der Waals surface area contributed by atoms with Crippen molar-refractivity contribution in [3.05, 3.63) is 64.3 Å². The second-order valence-corrected chi connectivity index (χ2v) is 8.58. The second kappa shape index (κ2) is 7.08. The molecular weight excluding hydrogens is 452 g/mol. The smallest absolute Gasteiger partial charge is 0.233 e. The molecule has 3 aromatic rings. The first-order valence-corrected chi connectivity index (χ1v) is 10.1. The highest BCUT2D eigenvalue weighted by atomic mass is 79.9. The summed E-state index contributed by atoms with van der Waals surface area (Å²) < 4.78 is 79.9. The number of nitrogens with zero attached hydrogens (tertiary/aromatic N) is 2. The largest absolute Gasteiger partial charge is 0.282 e. The number of rotatable bonds is 4. The first kappa shape index (κ1) is 19.6. The number of sulfone groups is 1. The molecule has 0 amide bonds. The molecule has 0 saturated heterocycles. The van der Waals surface area contributed by atoms with E-state index in [0.717, 1.165) is 21.5 Å². The van der Waals surface area contributed by atoms with Gasteiger partial charge in [-0.05, 0) is 42.5 Å². The SMILES string of the molecule is CS(=O)(=O)c1cc(F)c(-c2cc(C(F)F)nn2-c2ccc(Br)cc2)cc1F. The van der Waals surface area contributed by atoms with Crippen molar-refractivity contribution < 1.29 is 26.0 Å². The molecule has 1 heterocycles. The van der Waals surface area contributed by atoms with Crippen molar-refractivity contribution in [2.45, 2.75) is 11.3 Å². The van der Waals surface area contributed by atoms with Gasteiger partial charge in [-0.2, -0.15) is 5.10 Å². The number of alkyl halides is 2. The van der Waals surface area contributed by atoms with E-state index in [4.69, 9.17) is 0 Å². The average molecular weight is 463 g/mol. The van der Waals surface area contributed by atoms with Crippen molar-refractivity contribution in [2.75, 3.05) is 6.26 Å². The molecule has 0 fully saturated rings. The Balaban J connectivity index is 2.25. The molecule has 0 atom stereocenters. The van der Waals surface area contributed by atoms with E-state index in [1.807, 2.05) is 0 Å². The zero-order valence-corrected chi connectivity index (χ0v) is 16.0. The maximum Gasteiger partial charge on any atom is 0.282 e. The van der Waals surface area contributed by atoms with Gasteiger partial charge in [0.05, 0.1) is 11.4 Å². The highest BCUT2D eigenvalue weighted by molar-refractivity contribution is 9.10. The van der Waals surface area contributed by atoms with Crippen molar-refractivity contribution >= 4 is 25.8 Å². The van der Waals surface area contributed by atoms with E-state index in [1.54, 1.807) is 24.3 Å². The molecule has 27 heavy (non-hydrogen) atoms. The zero-order valence-electron chi connectivity index (χ0n) is 13.6. The van der Waals surface area contributed by atoms with Crippen LogP contribution in [-0.2, 0) is 9.84 Å². The molecule has 0 N–H and O–H groups in total. The number of hydrogen-bond donors (Lipinski definition) is 0. The third-order valence-corrected chi connectivity index (χ3v) is 5.36. The highest BCUT2D eigenvalue weighted by Crippen LogP contribution is 2.32. The van der Waals surface area contributed by atoms with Gasteiger partial charge in [0.1, 0.15) is 22.2 Å². The molecule has 0 aliphatic rings. The molecule has 0 bridgehead atoms. The Morgan fingerprint density at radius 2 is 1.67 bits per heavy atom. The molecule has 0 radical (unpaired) electrons. The van der Waals surface area contributed by atoms with Crippen molar-refractivity contribution in [3.63, 3.8) is 0 Å². The molecular formula is C17H11BrF4N2O2S. The van der Waals surface area contributed by atoms with Crippen molar-refractivity contribution in [1.82, 2.24) is 9.78 Å². The Bertz CT molecular complexity index is 1110. The van der Waals surface area contributed by atoms with E-state index in [2.05, 4.69) is 21.0 Å². The summed E-state index contributed by atoms with van der Waals surface area (Å²) in [5.74, 6) is -2.26. The molecule has 0 unspecified atom stereocenters. The molecule has 0 aliphatic carbocycles. The van der Waals surface area contributed by atoms with E-state index in [1.165, 1.54) is 0 Å². The van der Waals surface area contributed by atoms with Crippen molar-refractivity contribution in [2.24, 2.45) is 0 Å². The van der Waals surface area contributed by atoms with Crippen LogP contribution in [0.25, 0.3) is 16.9 Å². The number of aromatic nitrogens is 2. The van der Waals surface area contributed by atoms with Crippen LogP contribution >= 0.6 is 15.9 Å². The van der Waals surface area contributed by atoms with Crippen LogP contribution in [0.3, 0.4) is 0 Å². The van der Waals surface area contributed by atoms with Gasteiger partial charge in [-0.15, -0.1) is 0 Å². The Labute approximate surface area is 160 Å². The quantitative estimate of drug-likeness (QED) is 0.517. The Hall–Kier alpha value is -2.20. The van der Waals surface area contributed by atoms with Crippen LogP contribution in [0.15, 0.2) is 51.8 Å². The topological polar surface area (TPSA) is 52.0 Å². The normalized spacial score (nSPS) is 12.0. The van der Waals surface area contributed by atoms with Crippen LogP contribution in [-0.4, -0.2) is 24.5 Å². The van der Waals surface area contributed by atoms with Crippen LogP contribution in [0.4, 0.5) is 17.6 Å². The lowest BCUT2D eigenvalue weighted by Crippen LogP contribution is -2.05. The lowest BCUT2D eigenvalue weighted by Gasteiger charge is -2.10. The van der Waals surface area contributed by atoms with E-state index >= 15 is 0 Å². The van der Waals surface area contributed by atoms with Crippen LogP contribution in [0.1, 0.15) is 12.1 Å². The summed E-state index contributed by atoms with van der Waals surface area (Å²) in [4.78, 5) is -0.812. The van der Waals surface area contributed by atoms with Gasteiger partial charge in [-0.25, -0.2) is 30.7 Å². The Morgan fingerprint density at radius 1 is 1.04 bits per heavy atom. The minimum atomic E-state index is -3.99. The first-order chi connectivity index (χ1) is 12.6. The molecule has 0 aliphatic heterocycles. The van der Waals surface area contributed by atoms with Gasteiger partial charge < -0.3 is 0 Å². The summed E-state index contributed by atoms with van der Waals surface area (Å²) in [6, 6.07) is 8.49. The summed E-state index contributed by atoms with van der Waals surface area (Å²) in [5.41, 5.74) is -0.807. The summed E-state index contributed by atoms with van der Waals surface area (Å²) in [6.07, 6.45) is -2.19. The highest BCUT2D eigenvalue weighted by Gasteiger charge is 2.23. The third-order valence-electron chi connectivity index (χ3n) is 3.72. The van der Waals surface area contributed by atoms with Crippen LogP contribution in [0.5, 0.6) is 0 Å². The molecule has 2 aromatic carbocycles. The third kappa shape index (κ3) is 3.91. The summed E-state index contributed by atoms with van der Waals surface area (Å²) in [5, 5.41) is 3.77. The monoisotopic (exact) mass is 462 g/mol. The number of hydrogen-bond acceptors (Lipinski definition) is 3. The van der Waals surface area contributed by atoms with Gasteiger partial charge in [-0.3, -0.25) is 0 Å². The minimum absolute atomic E-state index is 0.135. The predicted octanol–water partition coefficient (Wildman–Crippen LogP) is 4.92. The van der Waals surface area contributed by atoms with Gasteiger partial charge in [0.25, 0.3) is 6.43 Å². The van der Waals surface area contributed by atoms with E-state index in [9.17, 15) is 26.0 Å². The van der Waals surface area contributed by atoms with Crippen LogP contribution < -0.4 is 0 Å². The van der Waals surface area contributed by atoms with E-state index in [0.29, 0.717) is 17.8 Å². The van der Waals surface area contributed by atoms with Crippen LogP contribution in [0, 0.1) is 11.6 Å². The van der Waals surface area contributed by atoms with Crippen LogP contribution in [0.2, 0.25) is 0 Å². The molecule has 0 spiro atoms. The molecule has 3 rings (SSSR count). The average Bonchev–Trinajstić information content (AvgIpc) is 3.01. The fourth-order valence-electron chi connectivity index (χ4n) is 2.49. The Morgan fingerprint density at radius 3 is 2.22 bits per heavy atom. The van der Waals surface area contributed by atoms with Crippen molar-refractivity contribution in [1.29, 1.82) is 0 Å². The maximum absolute atomic E-state index is 14.5. The maximum atomic E-state index is 14.5. The van der Waals surface area contributed by atoms with E-state index < -0.39 is 38.5 Å². The molecule has 142 valence electrons. The van der Waals surface area contributed by atoms with Crippen molar-refractivity contribution in [3.8, 4) is 16.9 Å². The number of benzene rings is 2. The fourth-order valence-corrected chi connectivity index (χ4v) is 3.48. The van der Waals surface area contributed by atoms with Gasteiger partial charge in [-0.1, -0.05) is 15.9 Å². The molecule has 4 nitrogen and oxygen atoms in total. The standard InChI is InChI=1S/C17H11BrF4N2O2S/c1-27(25,26)16-7-12(19)11(6-13(16)20)15-8-14(17(21)22)23-24(15)10-4-2-9(18)3-5-10/h2-8,17H,1H3. The van der Waals surface area contributed by atoms with Gasteiger partial charge in [0.2, 0.25) is 0 Å². The van der Waals surface area contributed by atoms with Gasteiger partial charge in [0.15, 0.2) is 9.84 Å². The second-order valence-electron chi connectivity index (χ2n) is 5.68. The van der Waals surface area contributed by atoms with E-state index in [-0.39, 0.29) is 11.3 Å². The van der Waals surface area contributed by atoms with Gasteiger partial charge >= 0.3 is 0 Å². The molecule has 1 aromatic heterocycles. The first-order valence-electron chi connectivity index (χ1n) is 7.41. The molecule has 10 heteroatoms. The lowest BCUT2D eigenvalue weighted by molar-refractivity contribution is 0.145. The minimum Gasteiger partial charge on any atom is -0.233 e. The summed E-state index contributed by atoms with van der Waals surface area (Å²) >= 11 is 3.24. The molecule has 0 saturated carbocycles. The summed E-state index contributed by atoms with van der Waals surface area (Å²) in [7, 11) is -3.99. The lowest BCUT2D eigenvalue weighted by atomic mass is 10.1. The van der Waals surface area contributed by atoms with Gasteiger partial charge in [0, 0.05) is 16.3 Å². The number of halogens is 5. The predicted molar refractivity (Wildman–Crippen MR) is 94.7 cm³/mol. The summed E-state index contributed by atoms with van der Waals surface area (Å²) in [6.45, 7) is 0.